The van der Waals surface area contributed by atoms with E-state index in [4.69, 9.17) is 0 Å². The molecule has 4 nitrogen and oxygen atoms in total. The molecule has 4 heteroatoms. The number of hydrogen-bond acceptors (Lipinski definition) is 2. The molecule has 0 N–H and O–H groups in total. The van der Waals surface area contributed by atoms with Crippen molar-refractivity contribution in [2.75, 3.05) is 13.1 Å². The average molecular weight is 276 g/mol. The fourth-order valence-corrected chi connectivity index (χ4v) is 3.74. The van der Waals surface area contributed by atoms with Crippen LogP contribution in [0.3, 0.4) is 0 Å². The van der Waals surface area contributed by atoms with E-state index in [9.17, 15) is 9.59 Å². The Labute approximate surface area is 120 Å². The molecule has 0 aromatic heterocycles. The van der Waals surface area contributed by atoms with Gasteiger partial charge >= 0.3 is 0 Å². The lowest BCUT2D eigenvalue weighted by molar-refractivity contribution is -0.162. The summed E-state index contributed by atoms with van der Waals surface area (Å²) in [4.78, 5) is 28.7. The Kier molecular flexibility index (Phi) is 3.81. The van der Waals surface area contributed by atoms with Gasteiger partial charge in [0.05, 0.1) is 0 Å². The number of amides is 2. The number of nitrogens with zero attached hydrogens (tertiary/aromatic N) is 2. The largest absolute Gasteiger partial charge is 0.329 e. The third-order valence-corrected chi connectivity index (χ3v) is 4.99. The molecule has 0 saturated carbocycles. The Hall–Kier alpha value is -1.32. The molecule has 2 unspecified atom stereocenters. The Morgan fingerprint density at radius 1 is 1.20 bits per heavy atom. The predicted molar refractivity (Wildman–Crippen MR) is 77.1 cm³/mol. The Balaban J connectivity index is 1.69. The van der Waals surface area contributed by atoms with E-state index in [2.05, 4.69) is 6.08 Å². The summed E-state index contributed by atoms with van der Waals surface area (Å²) in [5, 5.41) is 0. The maximum Gasteiger partial charge on any atom is 0.246 e. The first-order chi connectivity index (χ1) is 9.68. The van der Waals surface area contributed by atoms with Crippen LogP contribution in [0.4, 0.5) is 0 Å². The molecule has 0 aromatic carbocycles. The molecule has 2 heterocycles. The van der Waals surface area contributed by atoms with E-state index >= 15 is 0 Å². The van der Waals surface area contributed by atoms with Crippen molar-refractivity contribution in [1.29, 1.82) is 0 Å². The van der Waals surface area contributed by atoms with Gasteiger partial charge in [-0.2, -0.15) is 0 Å². The number of allylic oxidation sites excluding steroid dienone is 1. The highest BCUT2D eigenvalue weighted by Crippen LogP contribution is 2.27. The van der Waals surface area contributed by atoms with E-state index in [0.717, 1.165) is 32.2 Å². The molecule has 0 spiro atoms. The number of piperidine rings is 1. The van der Waals surface area contributed by atoms with Crippen molar-refractivity contribution in [2.45, 2.75) is 64.0 Å². The van der Waals surface area contributed by atoms with Gasteiger partial charge in [-0.1, -0.05) is 11.6 Å². The van der Waals surface area contributed by atoms with E-state index < -0.39 is 0 Å². The summed E-state index contributed by atoms with van der Waals surface area (Å²) >= 11 is 0. The van der Waals surface area contributed by atoms with Crippen LogP contribution in [-0.2, 0) is 9.59 Å². The van der Waals surface area contributed by atoms with Gasteiger partial charge in [0.2, 0.25) is 11.8 Å². The minimum Gasteiger partial charge on any atom is -0.329 e. The number of rotatable bonds is 3. The van der Waals surface area contributed by atoms with Gasteiger partial charge in [0.1, 0.15) is 12.1 Å². The van der Waals surface area contributed by atoms with Gasteiger partial charge in [-0.15, -0.1) is 0 Å². The summed E-state index contributed by atoms with van der Waals surface area (Å²) in [5.41, 5.74) is 1.46. The second-order valence-corrected chi connectivity index (χ2v) is 6.26. The fraction of sp³-hybridized carbons (Fsp3) is 0.750. The molecule has 0 aromatic rings. The normalized spacial score (nSPS) is 30.6. The molecular weight excluding hydrogens is 252 g/mol. The predicted octanol–water partition coefficient (Wildman–Crippen LogP) is 2.10. The topological polar surface area (TPSA) is 40.6 Å². The number of fused-ring (bicyclic) bond motifs is 1. The average Bonchev–Trinajstić information content (AvgIpc) is 2.98. The second kappa shape index (κ2) is 5.58. The molecule has 1 aliphatic carbocycles. The first-order valence-electron chi connectivity index (χ1n) is 7.97. The highest BCUT2D eigenvalue weighted by molar-refractivity contribution is 5.96. The van der Waals surface area contributed by atoms with Crippen LogP contribution in [0.25, 0.3) is 0 Å². The number of carbonyl (C=O) groups excluding carboxylic acids is 2. The van der Waals surface area contributed by atoms with Crippen molar-refractivity contribution in [3.8, 4) is 0 Å². The van der Waals surface area contributed by atoms with E-state index in [-0.39, 0.29) is 23.9 Å². The van der Waals surface area contributed by atoms with Crippen molar-refractivity contribution in [3.05, 3.63) is 11.6 Å². The highest BCUT2D eigenvalue weighted by Gasteiger charge is 2.44. The SMILES string of the molecule is CC1C(=O)N2CCCCC2C(=O)N1CCC1=CCCC1. The third kappa shape index (κ3) is 2.36. The summed E-state index contributed by atoms with van der Waals surface area (Å²) in [6.45, 7) is 3.36. The molecular formula is C16H24N2O2. The lowest BCUT2D eigenvalue weighted by atomic mass is 9.95. The monoisotopic (exact) mass is 276 g/mol. The van der Waals surface area contributed by atoms with Crippen LogP contribution in [-0.4, -0.2) is 46.8 Å². The maximum absolute atomic E-state index is 12.6. The molecule has 2 atom stereocenters. The number of piperazine rings is 1. The second-order valence-electron chi connectivity index (χ2n) is 6.26. The van der Waals surface area contributed by atoms with Crippen LogP contribution < -0.4 is 0 Å². The lowest BCUT2D eigenvalue weighted by Gasteiger charge is -2.46. The Morgan fingerprint density at radius 3 is 2.80 bits per heavy atom. The molecule has 20 heavy (non-hydrogen) atoms. The zero-order chi connectivity index (χ0) is 14.1. The van der Waals surface area contributed by atoms with Crippen molar-refractivity contribution < 1.29 is 9.59 Å². The van der Waals surface area contributed by atoms with Crippen LogP contribution in [0, 0.1) is 0 Å². The van der Waals surface area contributed by atoms with Crippen LogP contribution in [0.1, 0.15) is 51.9 Å². The Morgan fingerprint density at radius 2 is 2.05 bits per heavy atom. The van der Waals surface area contributed by atoms with Gasteiger partial charge in [-0.05, 0) is 51.9 Å². The summed E-state index contributed by atoms with van der Waals surface area (Å²) in [6.07, 6.45) is 9.77. The standard InChI is InChI=1S/C16H24N2O2/c1-12-15(19)18-10-5-4-8-14(18)16(20)17(12)11-9-13-6-2-3-7-13/h6,12,14H,2-5,7-11H2,1H3. The zero-order valence-corrected chi connectivity index (χ0v) is 12.3. The molecule has 2 aliphatic heterocycles. The first-order valence-corrected chi connectivity index (χ1v) is 7.97. The quantitative estimate of drug-likeness (QED) is 0.741. The summed E-state index contributed by atoms with van der Waals surface area (Å²) < 4.78 is 0. The van der Waals surface area contributed by atoms with Gasteiger partial charge in [0.15, 0.2) is 0 Å². The minimum absolute atomic E-state index is 0.148. The van der Waals surface area contributed by atoms with E-state index in [1.54, 1.807) is 0 Å². The molecule has 0 bridgehead atoms. The lowest BCUT2D eigenvalue weighted by Crippen LogP contribution is -2.65. The van der Waals surface area contributed by atoms with Crippen molar-refractivity contribution in [1.82, 2.24) is 9.80 Å². The van der Waals surface area contributed by atoms with Crippen LogP contribution >= 0.6 is 0 Å². The zero-order valence-electron chi connectivity index (χ0n) is 12.3. The summed E-state index contributed by atoms with van der Waals surface area (Å²) in [7, 11) is 0. The third-order valence-electron chi connectivity index (χ3n) is 4.99. The van der Waals surface area contributed by atoms with E-state index in [0.29, 0.717) is 6.54 Å². The summed E-state index contributed by atoms with van der Waals surface area (Å²) in [5.74, 6) is 0.324. The van der Waals surface area contributed by atoms with E-state index in [1.807, 2.05) is 16.7 Å². The van der Waals surface area contributed by atoms with Crippen molar-refractivity contribution >= 4 is 11.8 Å². The fourth-order valence-electron chi connectivity index (χ4n) is 3.74. The summed E-state index contributed by atoms with van der Waals surface area (Å²) in [6, 6.07) is -0.455. The first kappa shape index (κ1) is 13.7. The van der Waals surface area contributed by atoms with Crippen LogP contribution in [0.5, 0.6) is 0 Å². The highest BCUT2D eigenvalue weighted by atomic mass is 16.2. The van der Waals surface area contributed by atoms with Crippen molar-refractivity contribution in [2.24, 2.45) is 0 Å². The van der Waals surface area contributed by atoms with Gasteiger partial charge in [-0.3, -0.25) is 9.59 Å². The molecule has 2 fully saturated rings. The number of hydrogen-bond donors (Lipinski definition) is 0. The maximum atomic E-state index is 12.6. The molecule has 2 amide bonds. The molecule has 3 rings (SSSR count). The molecule has 2 saturated heterocycles. The van der Waals surface area contributed by atoms with Crippen LogP contribution in [0.2, 0.25) is 0 Å². The van der Waals surface area contributed by atoms with E-state index in [1.165, 1.54) is 24.8 Å². The van der Waals surface area contributed by atoms with Crippen LogP contribution in [0.15, 0.2) is 11.6 Å². The van der Waals surface area contributed by atoms with Gasteiger partial charge in [0, 0.05) is 13.1 Å². The minimum atomic E-state index is -0.279. The van der Waals surface area contributed by atoms with Gasteiger partial charge < -0.3 is 9.80 Å². The number of carbonyl (C=O) groups is 2. The molecule has 110 valence electrons. The van der Waals surface area contributed by atoms with Crippen molar-refractivity contribution in [3.63, 3.8) is 0 Å². The Bertz CT molecular complexity index is 444. The molecule has 3 aliphatic rings. The van der Waals surface area contributed by atoms with Gasteiger partial charge in [0.25, 0.3) is 0 Å². The molecule has 0 radical (unpaired) electrons. The smallest absolute Gasteiger partial charge is 0.246 e. The van der Waals surface area contributed by atoms with Gasteiger partial charge in [-0.25, -0.2) is 0 Å².